The molecule has 3 rings (SSSR count). The molecule has 3 nitrogen and oxygen atoms in total. The van der Waals surface area contributed by atoms with Crippen LogP contribution in [0.5, 0.6) is 11.5 Å². The number of carbonyl (C=O) groups is 1. The molecule has 0 spiro atoms. The molecule has 22 heavy (non-hydrogen) atoms. The van der Waals surface area contributed by atoms with Gasteiger partial charge in [0.05, 0.1) is 12.1 Å². The van der Waals surface area contributed by atoms with Gasteiger partial charge in [0.1, 0.15) is 17.3 Å². The van der Waals surface area contributed by atoms with Crippen LogP contribution in [0, 0.1) is 5.82 Å². The molecular weight excluding hydrogens is 281 g/mol. The van der Waals surface area contributed by atoms with Gasteiger partial charge in [-0.1, -0.05) is 0 Å². The van der Waals surface area contributed by atoms with Crippen molar-refractivity contribution in [2.45, 2.75) is 13.3 Å². The van der Waals surface area contributed by atoms with Gasteiger partial charge in [-0.2, -0.15) is 0 Å². The number of carbonyl (C=O) groups excluding carboxylic acids is 1. The summed E-state index contributed by atoms with van der Waals surface area (Å²) in [7, 11) is 0. The Hall–Kier alpha value is -2.75. The van der Waals surface area contributed by atoms with Crippen molar-refractivity contribution < 1.29 is 13.9 Å². The summed E-state index contributed by atoms with van der Waals surface area (Å²) >= 11 is 0. The number of allylic oxidation sites excluding steroid dienone is 2. The van der Waals surface area contributed by atoms with E-state index < -0.39 is 0 Å². The van der Waals surface area contributed by atoms with Crippen LogP contribution in [-0.4, -0.2) is 11.5 Å². The van der Waals surface area contributed by atoms with Crippen LogP contribution < -0.4 is 4.74 Å². The average Bonchev–Trinajstić information content (AvgIpc) is 2.49. The van der Waals surface area contributed by atoms with Gasteiger partial charge in [-0.25, -0.2) is 4.39 Å². The summed E-state index contributed by atoms with van der Waals surface area (Å²) in [6.07, 6.45) is 1.87. The highest BCUT2D eigenvalue weighted by molar-refractivity contribution is 6.16. The number of hydrogen-bond donors (Lipinski definition) is 0. The summed E-state index contributed by atoms with van der Waals surface area (Å²) in [4.78, 5) is 16.0. The fraction of sp³-hybridized carbons (Fsp3) is 0.111. The molecule has 1 aliphatic heterocycles. The molecule has 110 valence electrons. The van der Waals surface area contributed by atoms with Gasteiger partial charge in [-0.3, -0.25) is 9.79 Å². The zero-order chi connectivity index (χ0) is 15.5. The lowest BCUT2D eigenvalue weighted by atomic mass is 10.0. The molecule has 1 heterocycles. The molecule has 4 heteroatoms. The molecular formula is C18H14FNO2. The van der Waals surface area contributed by atoms with E-state index in [1.807, 2.05) is 19.1 Å². The summed E-state index contributed by atoms with van der Waals surface area (Å²) in [5.74, 6) is 0.976. The van der Waals surface area contributed by atoms with E-state index in [4.69, 9.17) is 4.74 Å². The lowest BCUT2D eigenvalue weighted by Gasteiger charge is -2.11. The van der Waals surface area contributed by atoms with Crippen LogP contribution in [0.1, 0.15) is 18.9 Å². The van der Waals surface area contributed by atoms with E-state index in [1.54, 1.807) is 30.3 Å². The molecule has 0 aliphatic carbocycles. The maximum atomic E-state index is 12.8. The van der Waals surface area contributed by atoms with E-state index in [0.29, 0.717) is 17.9 Å². The highest BCUT2D eigenvalue weighted by Crippen LogP contribution is 2.23. The number of aliphatic imine (C=N–C) groups is 1. The fourth-order valence-electron chi connectivity index (χ4n) is 2.25. The molecule has 0 amide bonds. The predicted molar refractivity (Wildman–Crippen MR) is 82.8 cm³/mol. The molecule has 0 saturated carbocycles. The number of benzene rings is 2. The molecule has 0 fully saturated rings. The summed E-state index contributed by atoms with van der Waals surface area (Å²) in [5, 5.41) is 0. The monoisotopic (exact) mass is 295 g/mol. The maximum absolute atomic E-state index is 12.8. The van der Waals surface area contributed by atoms with Crippen LogP contribution in [0.2, 0.25) is 0 Å². The van der Waals surface area contributed by atoms with Gasteiger partial charge in [0.2, 0.25) is 0 Å². The molecule has 0 radical (unpaired) electrons. The highest BCUT2D eigenvalue weighted by Gasteiger charge is 2.13. The Balaban J connectivity index is 1.77. The van der Waals surface area contributed by atoms with E-state index in [-0.39, 0.29) is 11.6 Å². The Morgan fingerprint density at radius 2 is 1.59 bits per heavy atom. The van der Waals surface area contributed by atoms with Gasteiger partial charge >= 0.3 is 0 Å². The van der Waals surface area contributed by atoms with Crippen molar-refractivity contribution in [3.05, 3.63) is 71.7 Å². The van der Waals surface area contributed by atoms with Crippen LogP contribution in [0.25, 0.3) is 0 Å². The second kappa shape index (κ2) is 5.93. The van der Waals surface area contributed by atoms with E-state index in [2.05, 4.69) is 4.99 Å². The van der Waals surface area contributed by atoms with E-state index >= 15 is 0 Å². The van der Waals surface area contributed by atoms with Crippen molar-refractivity contribution in [1.29, 1.82) is 0 Å². The second-order valence-corrected chi connectivity index (χ2v) is 5.07. The van der Waals surface area contributed by atoms with Crippen molar-refractivity contribution >= 4 is 11.5 Å². The summed E-state index contributed by atoms with van der Waals surface area (Å²) in [6.45, 7) is 1.81. The number of ketones is 1. The second-order valence-electron chi connectivity index (χ2n) is 5.07. The topological polar surface area (TPSA) is 38.7 Å². The number of halogens is 1. The van der Waals surface area contributed by atoms with Crippen molar-refractivity contribution in [1.82, 2.24) is 0 Å². The molecule has 0 unspecified atom stereocenters. The Morgan fingerprint density at radius 1 is 1.00 bits per heavy atom. The molecule has 0 saturated heterocycles. The number of hydrogen-bond acceptors (Lipinski definition) is 3. The Labute approximate surface area is 127 Å². The van der Waals surface area contributed by atoms with Crippen LogP contribution in [-0.2, 0) is 4.79 Å². The normalized spacial score (nSPS) is 14.4. The Morgan fingerprint density at radius 3 is 2.18 bits per heavy atom. The third-order valence-corrected chi connectivity index (χ3v) is 3.26. The Kier molecular flexibility index (Phi) is 3.83. The quantitative estimate of drug-likeness (QED) is 0.847. The van der Waals surface area contributed by atoms with Crippen molar-refractivity contribution in [3.8, 4) is 11.5 Å². The lowest BCUT2D eigenvalue weighted by Crippen LogP contribution is -2.12. The lowest BCUT2D eigenvalue weighted by molar-refractivity contribution is -0.113. The first-order chi connectivity index (χ1) is 10.6. The summed E-state index contributed by atoms with van der Waals surface area (Å²) < 4.78 is 18.5. The molecule has 2 aromatic carbocycles. The minimum Gasteiger partial charge on any atom is -0.457 e. The van der Waals surface area contributed by atoms with E-state index in [9.17, 15) is 9.18 Å². The average molecular weight is 295 g/mol. The molecule has 0 aromatic heterocycles. The smallest absolute Gasteiger partial charge is 0.163 e. The molecule has 0 bridgehead atoms. The van der Waals surface area contributed by atoms with E-state index in [0.717, 1.165) is 17.0 Å². The first kappa shape index (κ1) is 14.2. The highest BCUT2D eigenvalue weighted by atomic mass is 19.1. The van der Waals surface area contributed by atoms with E-state index in [1.165, 1.54) is 12.1 Å². The summed E-state index contributed by atoms with van der Waals surface area (Å²) in [5.41, 5.74) is 2.38. The molecule has 1 aliphatic rings. The Bertz CT molecular complexity index is 759. The molecule has 0 N–H and O–H groups in total. The van der Waals surface area contributed by atoms with Crippen molar-refractivity contribution in [2.24, 2.45) is 4.99 Å². The molecule has 0 atom stereocenters. The first-order valence-electron chi connectivity index (χ1n) is 6.93. The standard InChI is InChI=1S/C18H14FNO2/c1-12-10-15(21)11-18(20-12)13-2-6-16(7-3-13)22-17-8-4-14(19)5-9-17/h2-10H,11H2,1H3. The van der Waals surface area contributed by atoms with Crippen LogP contribution in [0.15, 0.2) is 65.3 Å². The predicted octanol–water partition coefficient (Wildman–Crippen LogP) is 4.28. The van der Waals surface area contributed by atoms with Crippen molar-refractivity contribution in [2.75, 3.05) is 0 Å². The minimum atomic E-state index is -0.300. The van der Waals surface area contributed by atoms with Crippen molar-refractivity contribution in [3.63, 3.8) is 0 Å². The fourth-order valence-corrected chi connectivity index (χ4v) is 2.25. The number of nitrogens with zero attached hydrogens (tertiary/aromatic N) is 1. The first-order valence-corrected chi connectivity index (χ1v) is 6.93. The largest absolute Gasteiger partial charge is 0.457 e. The van der Waals surface area contributed by atoms with Gasteiger partial charge < -0.3 is 4.74 Å². The molecule has 2 aromatic rings. The minimum absolute atomic E-state index is 0.0640. The van der Waals surface area contributed by atoms with Gasteiger partial charge in [0.25, 0.3) is 0 Å². The van der Waals surface area contributed by atoms with Gasteiger partial charge in [0.15, 0.2) is 5.78 Å². The number of ether oxygens (including phenoxy) is 1. The SMILES string of the molecule is CC1=CC(=O)CC(c2ccc(Oc3ccc(F)cc3)cc2)=N1. The van der Waals surface area contributed by atoms with Crippen LogP contribution in [0.3, 0.4) is 0 Å². The van der Waals surface area contributed by atoms with Crippen LogP contribution in [0.4, 0.5) is 4.39 Å². The zero-order valence-corrected chi connectivity index (χ0v) is 12.0. The van der Waals surface area contributed by atoms with Gasteiger partial charge in [-0.15, -0.1) is 0 Å². The van der Waals surface area contributed by atoms with Gasteiger partial charge in [0, 0.05) is 11.8 Å². The van der Waals surface area contributed by atoms with Gasteiger partial charge in [-0.05, 0) is 61.0 Å². The third kappa shape index (κ3) is 3.28. The third-order valence-electron chi connectivity index (χ3n) is 3.26. The number of rotatable bonds is 3. The maximum Gasteiger partial charge on any atom is 0.163 e. The zero-order valence-electron chi connectivity index (χ0n) is 12.0. The van der Waals surface area contributed by atoms with Crippen LogP contribution >= 0.6 is 0 Å². The summed E-state index contributed by atoms with van der Waals surface area (Å²) in [6, 6.07) is 13.2.